The Morgan fingerprint density at radius 1 is 0.267 bits per heavy atom. The normalized spacial score (nSPS) is 11.6. The Morgan fingerprint density at radius 3 is 1.60 bits per heavy atom. The van der Waals surface area contributed by atoms with E-state index in [1.165, 1.54) is 65.0 Å². The van der Waals surface area contributed by atoms with Crippen LogP contribution in [0.4, 0.5) is 17.1 Å². The van der Waals surface area contributed by atoms with Crippen LogP contribution in [0.3, 0.4) is 0 Å². The second-order valence-corrected chi connectivity index (χ2v) is 11.8. The molecular weight excluding hydrogens is 542 g/mol. The van der Waals surface area contributed by atoms with Gasteiger partial charge in [-0.15, -0.1) is 0 Å². The monoisotopic (exact) mass is 571 g/mol. The van der Waals surface area contributed by atoms with Crippen LogP contribution in [-0.2, 0) is 0 Å². The minimum atomic E-state index is 1.13. The van der Waals surface area contributed by atoms with Gasteiger partial charge in [-0.25, -0.2) is 0 Å². The Hall–Kier alpha value is -5.92. The van der Waals surface area contributed by atoms with Gasteiger partial charge in [0.2, 0.25) is 0 Å². The number of benzene rings is 9. The van der Waals surface area contributed by atoms with E-state index in [9.17, 15) is 0 Å². The van der Waals surface area contributed by atoms with Gasteiger partial charge in [0, 0.05) is 16.8 Å². The molecule has 0 aliphatic heterocycles. The quantitative estimate of drug-likeness (QED) is 0.190. The van der Waals surface area contributed by atoms with Gasteiger partial charge in [0.1, 0.15) is 0 Å². The first-order chi connectivity index (χ1) is 22.3. The van der Waals surface area contributed by atoms with Crippen LogP contribution in [0.1, 0.15) is 0 Å². The zero-order valence-electron chi connectivity index (χ0n) is 24.7. The number of fused-ring (bicyclic) bond motifs is 8. The topological polar surface area (TPSA) is 3.24 Å². The van der Waals surface area contributed by atoms with Crippen LogP contribution in [0.2, 0.25) is 0 Å². The van der Waals surface area contributed by atoms with Crippen molar-refractivity contribution in [2.75, 3.05) is 4.90 Å². The maximum atomic E-state index is 2.43. The molecule has 0 saturated carbocycles. The highest BCUT2D eigenvalue weighted by atomic mass is 15.1. The second kappa shape index (κ2) is 10.4. The third-order valence-electron chi connectivity index (χ3n) is 9.20. The van der Waals surface area contributed by atoms with Gasteiger partial charge >= 0.3 is 0 Å². The lowest BCUT2D eigenvalue weighted by atomic mass is 9.95. The van der Waals surface area contributed by atoms with Gasteiger partial charge in [0.15, 0.2) is 0 Å². The number of anilines is 3. The van der Waals surface area contributed by atoms with E-state index in [1.54, 1.807) is 0 Å². The van der Waals surface area contributed by atoms with E-state index >= 15 is 0 Å². The van der Waals surface area contributed by atoms with Crippen LogP contribution in [0, 0.1) is 0 Å². The fourth-order valence-corrected chi connectivity index (χ4v) is 7.05. The fourth-order valence-electron chi connectivity index (χ4n) is 7.05. The Balaban J connectivity index is 1.33. The molecular formula is C44H29N. The van der Waals surface area contributed by atoms with Gasteiger partial charge in [-0.05, 0) is 89.9 Å². The average molecular weight is 572 g/mol. The third-order valence-corrected chi connectivity index (χ3v) is 9.20. The van der Waals surface area contributed by atoms with Crippen molar-refractivity contribution in [3.63, 3.8) is 0 Å². The molecule has 0 heterocycles. The number of hydrogen-bond donors (Lipinski definition) is 0. The van der Waals surface area contributed by atoms with Gasteiger partial charge in [-0.1, -0.05) is 146 Å². The van der Waals surface area contributed by atoms with Gasteiger partial charge in [0.25, 0.3) is 0 Å². The highest BCUT2D eigenvalue weighted by molar-refractivity contribution is 6.20. The van der Waals surface area contributed by atoms with E-state index in [4.69, 9.17) is 0 Å². The van der Waals surface area contributed by atoms with Gasteiger partial charge in [-0.3, -0.25) is 0 Å². The zero-order valence-corrected chi connectivity index (χ0v) is 24.7. The van der Waals surface area contributed by atoms with Crippen LogP contribution < -0.4 is 4.90 Å². The van der Waals surface area contributed by atoms with Crippen molar-refractivity contribution in [3.05, 3.63) is 176 Å². The molecule has 9 aromatic carbocycles. The number of hydrogen-bond acceptors (Lipinski definition) is 1. The fraction of sp³-hybridized carbons (Fsp3) is 0. The van der Waals surface area contributed by atoms with E-state index in [1.807, 2.05) is 0 Å². The van der Waals surface area contributed by atoms with Crippen molar-refractivity contribution in [2.24, 2.45) is 0 Å². The van der Waals surface area contributed by atoms with E-state index < -0.39 is 0 Å². The van der Waals surface area contributed by atoms with Crippen LogP contribution in [0.25, 0.3) is 65.0 Å². The average Bonchev–Trinajstić information content (AvgIpc) is 3.12. The lowest BCUT2D eigenvalue weighted by Gasteiger charge is -2.28. The Morgan fingerprint density at radius 2 is 0.778 bits per heavy atom. The first-order valence-electron chi connectivity index (χ1n) is 15.5. The molecule has 45 heavy (non-hydrogen) atoms. The van der Waals surface area contributed by atoms with Crippen molar-refractivity contribution in [1.82, 2.24) is 0 Å². The molecule has 0 unspecified atom stereocenters. The van der Waals surface area contributed by atoms with Crippen LogP contribution in [-0.4, -0.2) is 0 Å². The summed E-state index contributed by atoms with van der Waals surface area (Å²) in [6, 6.07) is 64.1. The molecule has 0 aromatic heterocycles. The molecule has 0 radical (unpaired) electrons. The number of nitrogens with zero attached hydrogens (tertiary/aromatic N) is 1. The summed E-state index contributed by atoms with van der Waals surface area (Å²) in [6.45, 7) is 0. The summed E-state index contributed by atoms with van der Waals surface area (Å²) < 4.78 is 0. The molecule has 1 nitrogen and oxygen atoms in total. The number of rotatable bonds is 4. The zero-order chi connectivity index (χ0) is 29.7. The van der Waals surface area contributed by atoms with Crippen LogP contribution in [0.5, 0.6) is 0 Å². The van der Waals surface area contributed by atoms with Crippen molar-refractivity contribution < 1.29 is 0 Å². The maximum Gasteiger partial charge on any atom is 0.0540 e. The predicted octanol–water partition coefficient (Wildman–Crippen LogP) is 12.6. The molecule has 0 atom stereocenters. The minimum Gasteiger partial charge on any atom is -0.310 e. The lowest BCUT2D eigenvalue weighted by molar-refractivity contribution is 1.30. The third kappa shape index (κ3) is 4.24. The van der Waals surface area contributed by atoms with Gasteiger partial charge in [0.05, 0.1) is 5.69 Å². The highest BCUT2D eigenvalue weighted by Crippen LogP contribution is 2.43. The van der Waals surface area contributed by atoms with Gasteiger partial charge in [-0.2, -0.15) is 0 Å². The van der Waals surface area contributed by atoms with Crippen molar-refractivity contribution in [2.45, 2.75) is 0 Å². The van der Waals surface area contributed by atoms with E-state index in [-0.39, 0.29) is 0 Å². The van der Waals surface area contributed by atoms with Gasteiger partial charge < -0.3 is 4.90 Å². The molecule has 0 saturated heterocycles. The molecule has 210 valence electrons. The predicted molar refractivity (Wildman–Crippen MR) is 194 cm³/mol. The Labute approximate surface area is 262 Å². The summed E-state index contributed by atoms with van der Waals surface area (Å²) in [5.74, 6) is 0. The molecule has 0 fully saturated rings. The lowest BCUT2D eigenvalue weighted by Crippen LogP contribution is -2.10. The van der Waals surface area contributed by atoms with E-state index in [0.29, 0.717) is 0 Å². The first-order valence-corrected chi connectivity index (χ1v) is 15.5. The summed E-state index contributed by atoms with van der Waals surface area (Å²) >= 11 is 0. The van der Waals surface area contributed by atoms with E-state index in [2.05, 4.69) is 181 Å². The molecule has 0 N–H and O–H groups in total. The molecule has 0 spiro atoms. The summed E-state index contributed by atoms with van der Waals surface area (Å²) in [4.78, 5) is 2.43. The maximum absolute atomic E-state index is 2.43. The van der Waals surface area contributed by atoms with Crippen LogP contribution >= 0.6 is 0 Å². The Bertz CT molecular complexity index is 2550. The van der Waals surface area contributed by atoms with Crippen LogP contribution in [0.15, 0.2) is 176 Å². The molecule has 0 amide bonds. The molecule has 0 aliphatic carbocycles. The minimum absolute atomic E-state index is 1.13. The van der Waals surface area contributed by atoms with E-state index in [0.717, 1.165) is 17.1 Å². The standard InChI is InChI=1S/C44H29N/c1-2-10-30(11-3-1)34-14-8-15-35(28-34)45(36-24-22-33-21-20-31-12-5-7-17-38(31)43(33)29-36)44-19-9-18-39-41-25-23-32-13-4-6-16-37(32)40(41)26-27-42(39)44/h1-29H. The summed E-state index contributed by atoms with van der Waals surface area (Å²) in [7, 11) is 0. The summed E-state index contributed by atoms with van der Waals surface area (Å²) in [5, 5.41) is 12.6. The molecule has 9 rings (SSSR count). The SMILES string of the molecule is c1ccc(-c2cccc(N(c3ccc4ccc5ccccc5c4c3)c3cccc4c3ccc3c5ccccc5ccc43)c2)cc1. The van der Waals surface area contributed by atoms with Crippen molar-refractivity contribution in [3.8, 4) is 11.1 Å². The largest absolute Gasteiger partial charge is 0.310 e. The van der Waals surface area contributed by atoms with Crippen molar-refractivity contribution >= 4 is 70.9 Å². The smallest absolute Gasteiger partial charge is 0.0540 e. The Kier molecular flexibility index (Phi) is 5.89. The molecule has 1 heteroatoms. The van der Waals surface area contributed by atoms with Crippen molar-refractivity contribution in [1.29, 1.82) is 0 Å². The highest BCUT2D eigenvalue weighted by Gasteiger charge is 2.18. The summed E-state index contributed by atoms with van der Waals surface area (Å²) in [5.41, 5.74) is 5.82. The summed E-state index contributed by atoms with van der Waals surface area (Å²) in [6.07, 6.45) is 0. The first kappa shape index (κ1) is 25.6. The molecule has 0 bridgehead atoms. The molecule has 9 aromatic rings. The molecule has 0 aliphatic rings. The second-order valence-electron chi connectivity index (χ2n) is 11.8.